The van der Waals surface area contributed by atoms with Crippen LogP contribution in [0.1, 0.15) is 27.2 Å². The number of ether oxygens (including phenoxy) is 1. The van der Waals surface area contributed by atoms with Gasteiger partial charge in [0.1, 0.15) is 6.04 Å². The lowest BCUT2D eigenvalue weighted by atomic mass is 10.2. The standard InChI is InChI=1S/C13H26N2O3/c1-5-12(13(16)17)14(4)6-7-15-8-10(2)18-11(3)9-15/h10-12H,5-9H2,1-4H3,(H,16,17)/t10-,11+,12?. The lowest BCUT2D eigenvalue weighted by Gasteiger charge is -2.36. The van der Waals surface area contributed by atoms with E-state index >= 15 is 0 Å². The van der Waals surface area contributed by atoms with E-state index in [0.717, 1.165) is 26.2 Å². The monoisotopic (exact) mass is 258 g/mol. The first kappa shape index (κ1) is 15.4. The SMILES string of the molecule is CCC(C(=O)O)N(C)CCN1C[C@@H](C)O[C@@H](C)C1. The summed E-state index contributed by atoms with van der Waals surface area (Å²) in [4.78, 5) is 15.3. The molecule has 3 atom stereocenters. The number of morpholine rings is 1. The molecule has 0 spiro atoms. The number of hydrogen-bond donors (Lipinski definition) is 1. The van der Waals surface area contributed by atoms with Crippen molar-refractivity contribution >= 4 is 5.97 Å². The first-order valence-electron chi connectivity index (χ1n) is 6.74. The Morgan fingerprint density at radius 1 is 1.44 bits per heavy atom. The van der Waals surface area contributed by atoms with E-state index in [4.69, 9.17) is 9.84 Å². The molecule has 0 bridgehead atoms. The quantitative estimate of drug-likeness (QED) is 0.767. The fraction of sp³-hybridized carbons (Fsp3) is 0.923. The Labute approximate surface area is 110 Å². The number of hydrogen-bond acceptors (Lipinski definition) is 4. The molecule has 0 radical (unpaired) electrons. The van der Waals surface area contributed by atoms with Crippen LogP contribution in [0.15, 0.2) is 0 Å². The molecule has 0 aliphatic carbocycles. The zero-order valence-electron chi connectivity index (χ0n) is 11.9. The summed E-state index contributed by atoms with van der Waals surface area (Å²) in [7, 11) is 1.88. The highest BCUT2D eigenvalue weighted by Crippen LogP contribution is 2.10. The van der Waals surface area contributed by atoms with Crippen molar-refractivity contribution in [3.63, 3.8) is 0 Å². The van der Waals surface area contributed by atoms with Gasteiger partial charge in [-0.3, -0.25) is 14.6 Å². The van der Waals surface area contributed by atoms with E-state index in [2.05, 4.69) is 18.7 Å². The summed E-state index contributed by atoms with van der Waals surface area (Å²) in [6.07, 6.45) is 1.17. The molecule has 1 heterocycles. The second-order valence-electron chi connectivity index (χ2n) is 5.26. The Morgan fingerprint density at radius 3 is 2.44 bits per heavy atom. The Hall–Kier alpha value is -0.650. The summed E-state index contributed by atoms with van der Waals surface area (Å²) in [6, 6.07) is -0.374. The maximum atomic E-state index is 11.1. The molecule has 1 aliphatic heterocycles. The van der Waals surface area contributed by atoms with Crippen molar-refractivity contribution in [1.82, 2.24) is 9.80 Å². The molecule has 0 amide bonds. The molecule has 1 fully saturated rings. The topological polar surface area (TPSA) is 53.0 Å². The van der Waals surface area contributed by atoms with Crippen LogP contribution in [-0.2, 0) is 9.53 Å². The first-order valence-corrected chi connectivity index (χ1v) is 6.74. The van der Waals surface area contributed by atoms with Crippen molar-refractivity contribution in [3.8, 4) is 0 Å². The average Bonchev–Trinajstić information content (AvgIpc) is 2.25. The molecular weight excluding hydrogens is 232 g/mol. The summed E-state index contributed by atoms with van der Waals surface area (Å²) < 4.78 is 5.68. The predicted octanol–water partition coefficient (Wildman–Crippen LogP) is 0.891. The van der Waals surface area contributed by atoms with Crippen molar-refractivity contribution in [1.29, 1.82) is 0 Å². The summed E-state index contributed by atoms with van der Waals surface area (Å²) >= 11 is 0. The largest absolute Gasteiger partial charge is 0.480 e. The molecule has 0 saturated carbocycles. The van der Waals surface area contributed by atoms with Gasteiger partial charge in [-0.15, -0.1) is 0 Å². The molecule has 0 aromatic heterocycles. The van der Waals surface area contributed by atoms with E-state index in [-0.39, 0.29) is 18.2 Å². The Morgan fingerprint density at radius 2 is 2.00 bits per heavy atom. The molecule has 0 aromatic carbocycles. The molecule has 5 heteroatoms. The highest BCUT2D eigenvalue weighted by Gasteiger charge is 2.24. The average molecular weight is 258 g/mol. The van der Waals surface area contributed by atoms with Crippen LogP contribution < -0.4 is 0 Å². The summed E-state index contributed by atoms with van der Waals surface area (Å²) in [5, 5.41) is 9.09. The van der Waals surface area contributed by atoms with Crippen LogP contribution >= 0.6 is 0 Å². The number of carboxylic acids is 1. The highest BCUT2D eigenvalue weighted by atomic mass is 16.5. The predicted molar refractivity (Wildman–Crippen MR) is 70.8 cm³/mol. The smallest absolute Gasteiger partial charge is 0.320 e. The van der Waals surface area contributed by atoms with Crippen LogP contribution in [0.25, 0.3) is 0 Å². The van der Waals surface area contributed by atoms with Gasteiger partial charge in [0.15, 0.2) is 0 Å². The molecule has 1 rings (SSSR count). The van der Waals surface area contributed by atoms with Crippen LogP contribution in [0.4, 0.5) is 0 Å². The lowest BCUT2D eigenvalue weighted by Crippen LogP contribution is -2.49. The minimum Gasteiger partial charge on any atom is -0.480 e. The van der Waals surface area contributed by atoms with Crippen LogP contribution in [0.2, 0.25) is 0 Å². The second kappa shape index (κ2) is 7.07. The Bertz CT molecular complexity index is 263. The third-order valence-electron chi connectivity index (χ3n) is 3.47. The summed E-state index contributed by atoms with van der Waals surface area (Å²) in [5.41, 5.74) is 0. The number of likely N-dealkylation sites (N-methyl/N-ethyl adjacent to an activating group) is 1. The Balaban J connectivity index is 2.37. The van der Waals surface area contributed by atoms with Gasteiger partial charge in [0.05, 0.1) is 12.2 Å². The van der Waals surface area contributed by atoms with E-state index in [1.165, 1.54) is 0 Å². The molecule has 1 saturated heterocycles. The van der Waals surface area contributed by atoms with Crippen molar-refractivity contribution < 1.29 is 14.6 Å². The fourth-order valence-corrected chi connectivity index (χ4v) is 2.60. The van der Waals surface area contributed by atoms with Gasteiger partial charge in [-0.1, -0.05) is 6.92 Å². The summed E-state index contributed by atoms with van der Waals surface area (Å²) in [6.45, 7) is 9.62. The third kappa shape index (κ3) is 4.55. The van der Waals surface area contributed by atoms with Gasteiger partial charge in [0.2, 0.25) is 0 Å². The molecule has 0 aromatic rings. The zero-order chi connectivity index (χ0) is 13.7. The van der Waals surface area contributed by atoms with Crippen molar-refractivity contribution in [2.75, 3.05) is 33.2 Å². The molecule has 1 aliphatic rings. The minimum atomic E-state index is -0.733. The molecular formula is C13H26N2O3. The van der Waals surface area contributed by atoms with E-state index in [0.29, 0.717) is 6.42 Å². The molecule has 5 nitrogen and oxygen atoms in total. The number of carbonyl (C=O) groups is 1. The number of rotatable bonds is 6. The van der Waals surface area contributed by atoms with Crippen LogP contribution in [0.3, 0.4) is 0 Å². The van der Waals surface area contributed by atoms with Gasteiger partial charge < -0.3 is 9.84 Å². The van der Waals surface area contributed by atoms with E-state index in [9.17, 15) is 4.79 Å². The zero-order valence-corrected chi connectivity index (χ0v) is 11.9. The summed E-state index contributed by atoms with van der Waals surface area (Å²) in [5.74, 6) is -0.733. The third-order valence-corrected chi connectivity index (χ3v) is 3.47. The molecule has 1 N–H and O–H groups in total. The van der Waals surface area contributed by atoms with Crippen molar-refractivity contribution in [2.45, 2.75) is 45.4 Å². The molecule has 1 unspecified atom stereocenters. The van der Waals surface area contributed by atoms with Gasteiger partial charge >= 0.3 is 5.97 Å². The van der Waals surface area contributed by atoms with Crippen LogP contribution in [-0.4, -0.2) is 72.4 Å². The van der Waals surface area contributed by atoms with Gasteiger partial charge in [-0.05, 0) is 27.3 Å². The van der Waals surface area contributed by atoms with Gasteiger partial charge in [0.25, 0.3) is 0 Å². The lowest BCUT2D eigenvalue weighted by molar-refractivity contribution is -0.143. The van der Waals surface area contributed by atoms with Gasteiger partial charge in [0, 0.05) is 26.2 Å². The van der Waals surface area contributed by atoms with E-state index in [1.807, 2.05) is 18.9 Å². The van der Waals surface area contributed by atoms with E-state index < -0.39 is 5.97 Å². The maximum absolute atomic E-state index is 11.1. The first-order chi connectivity index (χ1) is 8.43. The molecule has 106 valence electrons. The normalized spacial score (nSPS) is 27.4. The van der Waals surface area contributed by atoms with Crippen molar-refractivity contribution in [3.05, 3.63) is 0 Å². The minimum absolute atomic E-state index is 0.264. The van der Waals surface area contributed by atoms with Gasteiger partial charge in [-0.25, -0.2) is 0 Å². The van der Waals surface area contributed by atoms with Gasteiger partial charge in [-0.2, -0.15) is 0 Å². The number of nitrogens with zero attached hydrogens (tertiary/aromatic N) is 2. The van der Waals surface area contributed by atoms with Crippen LogP contribution in [0.5, 0.6) is 0 Å². The maximum Gasteiger partial charge on any atom is 0.320 e. The van der Waals surface area contributed by atoms with E-state index in [1.54, 1.807) is 0 Å². The number of aliphatic carboxylic acids is 1. The number of carboxylic acid groups (broad SMARTS) is 1. The van der Waals surface area contributed by atoms with Crippen molar-refractivity contribution in [2.24, 2.45) is 0 Å². The fourth-order valence-electron chi connectivity index (χ4n) is 2.60. The molecule has 18 heavy (non-hydrogen) atoms. The second-order valence-corrected chi connectivity index (χ2v) is 5.26. The van der Waals surface area contributed by atoms with Crippen LogP contribution in [0, 0.1) is 0 Å². The highest BCUT2D eigenvalue weighted by molar-refractivity contribution is 5.73. The Kier molecular flexibility index (Phi) is 6.05.